The molecule has 0 fully saturated rings. The summed E-state index contributed by atoms with van der Waals surface area (Å²) in [6, 6.07) is 69.5. The average Bonchev–Trinajstić information content (AvgIpc) is 0.798. The zero-order chi connectivity index (χ0) is 71.9. The van der Waals surface area contributed by atoms with E-state index in [2.05, 4.69) is 274 Å². The Labute approximate surface area is 598 Å². The van der Waals surface area contributed by atoms with Crippen LogP contribution in [0, 0.1) is 0 Å². The number of rotatable bonds is 16. The second kappa shape index (κ2) is 34.8. The Morgan fingerprint density at radius 2 is 0.460 bits per heavy atom. The zero-order valence-corrected chi connectivity index (χ0v) is 62.5. The number of amides is 4. The molecule has 8 aromatic rings. The van der Waals surface area contributed by atoms with Crippen molar-refractivity contribution >= 4 is 69.1 Å². The highest BCUT2D eigenvalue weighted by Crippen LogP contribution is 2.44. The molecule has 0 spiro atoms. The lowest BCUT2D eigenvalue weighted by Crippen LogP contribution is -2.44. The van der Waals surface area contributed by atoms with Gasteiger partial charge in [-0.1, -0.05) is 204 Å². The van der Waals surface area contributed by atoms with Crippen LogP contribution in [0.3, 0.4) is 0 Å². The van der Waals surface area contributed by atoms with Crippen LogP contribution in [0.2, 0.25) is 0 Å². The van der Waals surface area contributed by atoms with Crippen LogP contribution in [0.5, 0.6) is 0 Å². The van der Waals surface area contributed by atoms with Gasteiger partial charge < -0.3 is 40.9 Å². The molecule has 0 aliphatic carbocycles. The van der Waals surface area contributed by atoms with Crippen molar-refractivity contribution in [3.8, 4) is 0 Å². The van der Waals surface area contributed by atoms with Crippen LogP contribution in [-0.4, -0.2) is 47.8 Å². The van der Waals surface area contributed by atoms with E-state index in [4.69, 9.17) is 0 Å². The van der Waals surface area contributed by atoms with Gasteiger partial charge in [0.2, 0.25) is 23.6 Å². The van der Waals surface area contributed by atoms with Crippen LogP contribution in [0.4, 0.5) is 45.5 Å². The molecule has 4 heterocycles. The van der Waals surface area contributed by atoms with Gasteiger partial charge in [-0.2, -0.15) is 0 Å². The molecule has 4 aliphatic heterocycles. The summed E-state index contributed by atoms with van der Waals surface area (Å²) in [6.45, 7) is 33.9. The van der Waals surface area contributed by atoms with Gasteiger partial charge in [0.25, 0.3) is 0 Å². The van der Waals surface area contributed by atoms with Crippen LogP contribution in [0.15, 0.2) is 194 Å². The van der Waals surface area contributed by atoms with Crippen molar-refractivity contribution in [3.05, 3.63) is 239 Å². The van der Waals surface area contributed by atoms with Crippen LogP contribution < -0.4 is 40.9 Å². The molecule has 0 bridgehead atoms. The fourth-order valence-corrected chi connectivity index (χ4v) is 14.7. The second-order valence-corrected chi connectivity index (χ2v) is 28.9. The molecule has 12 heteroatoms. The second-order valence-electron chi connectivity index (χ2n) is 28.9. The molecule has 8 aromatic carbocycles. The highest BCUT2D eigenvalue weighted by Gasteiger charge is 2.37. The lowest BCUT2D eigenvalue weighted by atomic mass is 9.91. The third kappa shape index (κ3) is 18.1. The van der Waals surface area contributed by atoms with E-state index >= 15 is 0 Å². The number of anilines is 8. The Morgan fingerprint density at radius 1 is 0.290 bits per heavy atom. The highest BCUT2D eigenvalue weighted by atomic mass is 16.2. The molecular formula is C88H112N8O4. The predicted octanol–water partition coefficient (Wildman–Crippen LogP) is 22.0. The minimum absolute atomic E-state index is 0.190. The van der Waals surface area contributed by atoms with Crippen molar-refractivity contribution in [1.29, 1.82) is 0 Å². The first kappa shape index (κ1) is 75.1. The number of nitrogens with one attached hydrogen (secondary N) is 4. The molecule has 0 radical (unpaired) electrons. The van der Waals surface area contributed by atoms with Crippen molar-refractivity contribution in [2.45, 2.75) is 234 Å². The van der Waals surface area contributed by atoms with Crippen molar-refractivity contribution in [2.75, 3.05) is 40.9 Å². The minimum atomic E-state index is 0.190. The molecule has 12 rings (SSSR count). The summed E-state index contributed by atoms with van der Waals surface area (Å²) in [5.74, 6) is 2.94. The summed E-state index contributed by atoms with van der Waals surface area (Å²) in [5.41, 5.74) is 18.9. The van der Waals surface area contributed by atoms with Crippen molar-refractivity contribution in [1.82, 2.24) is 0 Å². The maximum absolute atomic E-state index is 12.4. The van der Waals surface area contributed by atoms with Crippen molar-refractivity contribution < 1.29 is 19.2 Å². The quantitative estimate of drug-likeness (QED) is 0.0753. The molecule has 4 N–H and O–H groups in total. The lowest BCUT2D eigenvalue weighted by molar-refractivity contribution is -0.119. The van der Waals surface area contributed by atoms with Gasteiger partial charge in [-0.05, 0) is 194 Å². The minimum Gasteiger partial charge on any atom is -0.378 e. The standard InChI is InChI=1S/4C22H28N2O/c4*1-5-22(25)24-16(4)14-20(19-8-6-7-9-21(19)24)23-18-12-10-17(11-13-18)15(2)3/h4*6-13,15-16,20,23H,5,14H2,1-4H3/t2*16-,20+;;/m00../s1. The lowest BCUT2D eigenvalue weighted by Gasteiger charge is -2.40. The van der Waals surface area contributed by atoms with Gasteiger partial charge in [0, 0.05) is 95.3 Å². The summed E-state index contributed by atoms with van der Waals surface area (Å²) < 4.78 is 0. The molecule has 4 aliphatic rings. The summed E-state index contributed by atoms with van der Waals surface area (Å²) in [5, 5.41) is 14.7. The monoisotopic (exact) mass is 1340 g/mol. The van der Waals surface area contributed by atoms with Crippen molar-refractivity contribution in [2.24, 2.45) is 0 Å². The van der Waals surface area contributed by atoms with Gasteiger partial charge in [-0.3, -0.25) is 19.2 Å². The molecule has 528 valence electrons. The number of para-hydroxylation sites is 4. The smallest absolute Gasteiger partial charge is 0.226 e. The van der Waals surface area contributed by atoms with E-state index < -0.39 is 0 Å². The first-order valence-corrected chi connectivity index (χ1v) is 37.1. The molecule has 0 saturated heterocycles. The van der Waals surface area contributed by atoms with Crippen LogP contribution >= 0.6 is 0 Å². The molecule has 8 atom stereocenters. The Morgan fingerprint density at radius 3 is 0.620 bits per heavy atom. The van der Waals surface area contributed by atoms with E-state index in [9.17, 15) is 19.2 Å². The van der Waals surface area contributed by atoms with Gasteiger partial charge in [0.15, 0.2) is 0 Å². The van der Waals surface area contributed by atoms with E-state index in [0.29, 0.717) is 49.4 Å². The van der Waals surface area contributed by atoms with Crippen LogP contribution in [0.25, 0.3) is 0 Å². The molecule has 4 unspecified atom stereocenters. The van der Waals surface area contributed by atoms with E-state index in [-0.39, 0.29) is 72.0 Å². The zero-order valence-electron chi connectivity index (χ0n) is 62.5. The SMILES string of the molecule is CCC(=O)N1c2ccccc2C(Nc2ccc(C(C)C)cc2)CC1C.CCC(=O)N1c2ccccc2C(Nc2ccc(C(C)C)cc2)CC1C.CCC(=O)N1c2ccccc2[C@H](Nc2ccc(C(C)C)cc2)C[C@@H]1C.CCC(=O)N1c2ccccc2[C@H](Nc2ccc(C(C)C)cc2)C[C@@H]1C. The molecular weight excluding hydrogens is 1230 g/mol. The number of carbonyl (C=O) groups is 4. The molecule has 0 aromatic heterocycles. The number of hydrogen-bond acceptors (Lipinski definition) is 8. The van der Waals surface area contributed by atoms with Gasteiger partial charge in [-0.15, -0.1) is 0 Å². The summed E-state index contributed by atoms with van der Waals surface area (Å²) in [7, 11) is 0. The van der Waals surface area contributed by atoms with Gasteiger partial charge in [0.05, 0.1) is 24.2 Å². The Kier molecular flexibility index (Phi) is 26.1. The fraction of sp³-hybridized carbons (Fsp3) is 0.409. The first-order chi connectivity index (χ1) is 48.0. The van der Waals surface area contributed by atoms with Crippen LogP contribution in [-0.2, 0) is 19.2 Å². The fourth-order valence-electron chi connectivity index (χ4n) is 14.7. The number of carbonyl (C=O) groups excluding carboxylic acids is 4. The summed E-state index contributed by atoms with van der Waals surface area (Å²) in [6.07, 6.45) is 5.79. The van der Waals surface area contributed by atoms with Gasteiger partial charge in [0.1, 0.15) is 0 Å². The molecule has 0 saturated carbocycles. The average molecular weight is 1350 g/mol. The number of benzene rings is 8. The summed E-state index contributed by atoms with van der Waals surface area (Å²) >= 11 is 0. The highest BCUT2D eigenvalue weighted by molar-refractivity contribution is 5.98. The first-order valence-electron chi connectivity index (χ1n) is 37.1. The maximum atomic E-state index is 12.4. The molecule has 100 heavy (non-hydrogen) atoms. The van der Waals surface area contributed by atoms with E-state index in [1.54, 1.807) is 0 Å². The van der Waals surface area contributed by atoms with Gasteiger partial charge in [-0.25, -0.2) is 0 Å². The maximum Gasteiger partial charge on any atom is 0.226 e. The molecule has 4 amide bonds. The number of hydrogen-bond donors (Lipinski definition) is 4. The van der Waals surface area contributed by atoms with E-state index in [1.165, 1.54) is 44.5 Å². The summed E-state index contributed by atoms with van der Waals surface area (Å²) in [4.78, 5) is 57.5. The largest absolute Gasteiger partial charge is 0.378 e. The third-order valence-electron chi connectivity index (χ3n) is 20.3. The number of nitrogens with zero attached hydrogens (tertiary/aromatic N) is 4. The Bertz CT molecular complexity index is 3460. The van der Waals surface area contributed by atoms with Crippen molar-refractivity contribution in [3.63, 3.8) is 0 Å². The normalized spacial score (nSPS) is 19.6. The topological polar surface area (TPSA) is 129 Å². The van der Waals surface area contributed by atoms with Crippen LogP contribution in [0.1, 0.15) is 254 Å². The third-order valence-corrected chi connectivity index (χ3v) is 20.3. The molecule has 12 nitrogen and oxygen atoms in total. The van der Waals surface area contributed by atoms with Gasteiger partial charge >= 0.3 is 0 Å². The number of fused-ring (bicyclic) bond motifs is 4. The predicted molar refractivity (Wildman–Crippen MR) is 421 cm³/mol. The van der Waals surface area contributed by atoms with E-state index in [1.807, 2.05) is 71.6 Å². The van der Waals surface area contributed by atoms with E-state index in [0.717, 1.165) is 71.2 Å². The Balaban J connectivity index is 0.000000156. The Hall–Kier alpha value is -9.16.